The molecule has 0 aliphatic heterocycles. The molecule has 87 heavy (non-hydrogen) atoms. The van der Waals surface area contributed by atoms with E-state index in [9.17, 15) is 0 Å². The molecule has 3 heterocycles. The summed E-state index contributed by atoms with van der Waals surface area (Å²) in [5.74, 6) is 0.0127. The van der Waals surface area contributed by atoms with Crippen molar-refractivity contribution in [2.45, 2.75) is 85.9 Å². The van der Waals surface area contributed by atoms with Crippen LogP contribution < -0.4 is 0 Å². The largest absolute Gasteiger partial charge is 0.501 e. The fourth-order valence-electron chi connectivity index (χ4n) is 12.1. The first-order chi connectivity index (χ1) is 43.7. The van der Waals surface area contributed by atoms with Gasteiger partial charge in [0.15, 0.2) is 0 Å². The van der Waals surface area contributed by atoms with Crippen molar-refractivity contribution in [1.29, 1.82) is 0 Å². The van der Waals surface area contributed by atoms with Crippen molar-refractivity contribution in [2.75, 3.05) is 0 Å². The Hall–Kier alpha value is -9.19. The van der Waals surface area contributed by atoms with E-state index in [1.54, 1.807) is 6.07 Å². The molecule has 3 aromatic heterocycles. The molecule has 0 saturated carbocycles. The maximum absolute atomic E-state index is 9.06. The van der Waals surface area contributed by atoms with Crippen LogP contribution in [0.3, 0.4) is 0 Å². The normalized spacial score (nSPS) is 12.8. The average molecular weight is 1310 g/mol. The van der Waals surface area contributed by atoms with E-state index >= 15 is 0 Å². The van der Waals surface area contributed by atoms with Crippen molar-refractivity contribution < 1.29 is 31.4 Å². The van der Waals surface area contributed by atoms with Crippen LogP contribution in [0.5, 0.6) is 0 Å². The summed E-state index contributed by atoms with van der Waals surface area (Å²) >= 11 is 0. The molecule has 0 aliphatic carbocycles. The Labute approximate surface area is 532 Å². The number of rotatable bonds is 12. The topological polar surface area (TPSA) is 48.8 Å². The van der Waals surface area contributed by atoms with Gasteiger partial charge < -0.3 is 13.6 Å². The standard InChI is InChI=1S/C43H35N2O.C38H35N2.Ir/c1-27(2)36-25-32(31-23-21-30(22-24-31)29-13-6-5-7-14-29)26-37(28(3)4)41(36)45-39-19-10-9-18-38(39)44-43(45)35-17-12-16-34-33-15-8-11-20-40(33)46-42(34)35;1-25(2)32-14-11-15-33(26(3)4)37(32)40-36-17-10-9-16-35(36)39-38(40)31-19-18-27(5)34(24-31)30-22-20-29(21-23-30)28-12-7-6-8-13-28;/h5-16,18-28H,1-4H3;6-18,20-26H,1-5H3;/q2*-1;/i;5D3,25D,26D;. The molecular weight excluding hydrogens is 1240 g/mol. The predicted molar refractivity (Wildman–Crippen MR) is 361 cm³/mol. The molecule has 14 rings (SSSR count). The summed E-state index contributed by atoms with van der Waals surface area (Å²) in [6.45, 7) is 14.2. The monoisotopic (exact) mass is 1310 g/mol. The van der Waals surface area contributed by atoms with Crippen LogP contribution in [0.2, 0.25) is 0 Å². The number of fused-ring (bicyclic) bond motifs is 5. The number of hydrogen-bond donors (Lipinski definition) is 0. The predicted octanol–water partition coefficient (Wildman–Crippen LogP) is 22.4. The fraction of sp³-hybridized carbons (Fsp3) is 0.160. The first kappa shape index (κ1) is 52.2. The third kappa shape index (κ3) is 11.1. The van der Waals surface area contributed by atoms with Crippen molar-refractivity contribution in [3.63, 3.8) is 0 Å². The molecule has 0 spiro atoms. The Morgan fingerprint density at radius 1 is 0.437 bits per heavy atom. The van der Waals surface area contributed by atoms with Gasteiger partial charge in [0.2, 0.25) is 0 Å². The second-order valence-electron chi connectivity index (χ2n) is 23.3. The summed E-state index contributed by atoms with van der Waals surface area (Å²) in [6, 6.07) is 86.8. The van der Waals surface area contributed by atoms with Gasteiger partial charge in [0.25, 0.3) is 0 Å². The van der Waals surface area contributed by atoms with Gasteiger partial charge >= 0.3 is 0 Å². The van der Waals surface area contributed by atoms with E-state index in [2.05, 4.69) is 154 Å². The van der Waals surface area contributed by atoms with Crippen LogP contribution in [0.4, 0.5) is 0 Å². The van der Waals surface area contributed by atoms with E-state index in [1.807, 2.05) is 154 Å². The van der Waals surface area contributed by atoms with Crippen LogP contribution in [-0.2, 0) is 20.1 Å². The van der Waals surface area contributed by atoms with E-state index in [0.29, 0.717) is 17.0 Å². The van der Waals surface area contributed by atoms with Crippen molar-refractivity contribution in [2.24, 2.45) is 0 Å². The van der Waals surface area contributed by atoms with Gasteiger partial charge in [-0.2, -0.15) is 0 Å². The third-order valence-corrected chi connectivity index (χ3v) is 16.5. The Bertz CT molecular complexity index is 4930. The van der Waals surface area contributed by atoms with Gasteiger partial charge in [0.05, 0.1) is 39.3 Å². The van der Waals surface area contributed by atoms with E-state index in [0.717, 1.165) is 88.9 Å². The molecule has 14 aromatic rings. The molecular formula is C81H70IrN4O-2. The molecule has 6 heteroatoms. The molecule has 431 valence electrons. The summed E-state index contributed by atoms with van der Waals surface area (Å²) < 4.78 is 54.0. The van der Waals surface area contributed by atoms with E-state index < -0.39 is 18.6 Å². The first-order valence-corrected chi connectivity index (χ1v) is 29.7. The van der Waals surface area contributed by atoms with Gasteiger partial charge in [-0.25, -0.2) is 0 Å². The molecule has 0 fully saturated rings. The van der Waals surface area contributed by atoms with Crippen molar-refractivity contribution in [1.82, 2.24) is 19.1 Å². The number of nitrogens with zero attached hydrogens (tertiary/aromatic N) is 4. The number of benzene rings is 11. The summed E-state index contributed by atoms with van der Waals surface area (Å²) in [5, 5.41) is 2.18. The summed E-state index contributed by atoms with van der Waals surface area (Å²) in [4.78, 5) is 10.3. The van der Waals surface area contributed by atoms with Crippen LogP contribution in [0.1, 0.15) is 114 Å². The first-order valence-electron chi connectivity index (χ1n) is 32.2. The smallest absolute Gasteiger partial charge is 0.120 e. The van der Waals surface area contributed by atoms with Gasteiger partial charge in [-0.3, -0.25) is 9.97 Å². The van der Waals surface area contributed by atoms with Crippen LogP contribution in [0, 0.1) is 19.0 Å². The van der Waals surface area contributed by atoms with Crippen molar-refractivity contribution in [3.8, 4) is 78.7 Å². The number of hydrogen-bond acceptors (Lipinski definition) is 3. The Morgan fingerprint density at radius 3 is 1.46 bits per heavy atom. The second kappa shape index (κ2) is 24.7. The zero-order chi connectivity index (χ0) is 63.5. The number of para-hydroxylation sites is 6. The second-order valence-corrected chi connectivity index (χ2v) is 23.3. The molecule has 0 saturated heterocycles. The third-order valence-electron chi connectivity index (χ3n) is 16.5. The van der Waals surface area contributed by atoms with E-state index in [-0.39, 0.29) is 37.5 Å². The number of imidazole rings is 2. The number of aromatic nitrogens is 4. The zero-order valence-corrected chi connectivity index (χ0v) is 52.6. The minimum Gasteiger partial charge on any atom is -0.501 e. The molecule has 1 radical (unpaired) electrons. The summed E-state index contributed by atoms with van der Waals surface area (Å²) in [7, 11) is 0. The fourth-order valence-corrected chi connectivity index (χ4v) is 12.1. The Balaban J connectivity index is 0.000000176. The molecule has 0 atom stereocenters. The van der Waals surface area contributed by atoms with Gasteiger partial charge in [-0.1, -0.05) is 249 Å². The molecule has 11 aromatic carbocycles. The molecule has 0 aliphatic rings. The van der Waals surface area contributed by atoms with Crippen molar-refractivity contribution in [3.05, 3.63) is 277 Å². The van der Waals surface area contributed by atoms with Crippen LogP contribution in [0.15, 0.2) is 241 Å². The van der Waals surface area contributed by atoms with Crippen LogP contribution in [-0.4, -0.2) is 19.1 Å². The van der Waals surface area contributed by atoms with E-state index in [4.69, 9.17) is 21.2 Å². The van der Waals surface area contributed by atoms with E-state index in [1.165, 1.54) is 39.1 Å². The van der Waals surface area contributed by atoms with Gasteiger partial charge in [0.1, 0.15) is 5.58 Å². The summed E-state index contributed by atoms with van der Waals surface area (Å²) in [6.07, 6.45) is 0. The molecule has 0 N–H and O–H groups in total. The molecule has 0 unspecified atom stereocenters. The molecule has 0 bridgehead atoms. The maximum atomic E-state index is 9.06. The van der Waals surface area contributed by atoms with Gasteiger partial charge in [0, 0.05) is 43.7 Å². The Kier molecular flexibility index (Phi) is 14.8. The minimum absolute atomic E-state index is 0. The zero-order valence-electron chi connectivity index (χ0n) is 55.2. The quantitative estimate of drug-likeness (QED) is 0.115. The number of furan rings is 1. The Morgan fingerprint density at radius 2 is 0.908 bits per heavy atom. The van der Waals surface area contributed by atoms with Crippen molar-refractivity contribution >= 4 is 44.0 Å². The van der Waals surface area contributed by atoms with Crippen LogP contribution in [0.25, 0.3) is 123 Å². The minimum atomic E-state index is -2.35. The maximum Gasteiger partial charge on any atom is 0.120 e. The molecule has 0 amide bonds. The summed E-state index contributed by atoms with van der Waals surface area (Å²) in [5.41, 5.74) is 21.4. The van der Waals surface area contributed by atoms with Gasteiger partial charge in [-0.05, 0) is 127 Å². The average Bonchev–Trinajstić information content (AvgIpc) is 1.59. The SMILES string of the molecule is CC(C)c1cc(-c2ccc(-c3ccccc3)cc2)cc(C(C)C)c1-n1c(-c2[c-]ccc3c2oc2ccccc23)nc2ccccc21.[2H]C([2H])([2H])c1c[c-]c(-c2nc3ccccc3n2-c2c(C([2H])(C)C)cccc2C([2H])(C)C)cc1-c1ccc(-c2ccccc2)cc1.[Ir]. The van der Waals surface area contributed by atoms with Crippen LogP contribution >= 0.6 is 0 Å². The molecule has 5 nitrogen and oxygen atoms in total. The number of aryl methyl sites for hydroxylation is 1. The van der Waals surface area contributed by atoms with Gasteiger partial charge in [-0.15, -0.1) is 47.5 Å².